The Bertz CT molecular complexity index is 1160. The first-order valence-electron chi connectivity index (χ1n) is 9.19. The topological polar surface area (TPSA) is 93.5 Å². The number of carboxylic acids is 1. The molecule has 0 saturated heterocycles. The molecule has 0 saturated carbocycles. The zero-order chi connectivity index (χ0) is 23.6. The van der Waals surface area contributed by atoms with Crippen LogP contribution in [0, 0.1) is 0 Å². The van der Waals surface area contributed by atoms with Crippen molar-refractivity contribution in [1.29, 1.82) is 0 Å². The van der Waals surface area contributed by atoms with Crippen molar-refractivity contribution >= 4 is 23.5 Å². The van der Waals surface area contributed by atoms with Crippen molar-refractivity contribution < 1.29 is 32.6 Å². The number of aromatic nitrogens is 2. The van der Waals surface area contributed by atoms with Crippen LogP contribution in [-0.2, 0) is 13.2 Å². The molecule has 11 heteroatoms. The highest BCUT2D eigenvalue weighted by atomic mass is 35.5. The molecular formula is C21H17ClF3N3O4. The molecule has 2 N–H and O–H groups in total. The highest BCUT2D eigenvalue weighted by Gasteiger charge is 2.42. The zero-order valence-electron chi connectivity index (χ0n) is 16.8. The summed E-state index contributed by atoms with van der Waals surface area (Å²) in [6.07, 6.45) is -4.91. The second kappa shape index (κ2) is 8.91. The maximum Gasteiger partial charge on any atom is 0.436 e. The Morgan fingerprint density at radius 2 is 1.84 bits per heavy atom. The van der Waals surface area contributed by atoms with Gasteiger partial charge in [0, 0.05) is 12.1 Å². The molecule has 0 radical (unpaired) electrons. The summed E-state index contributed by atoms with van der Waals surface area (Å²) in [6, 6.07) is 10.8. The van der Waals surface area contributed by atoms with E-state index in [-0.39, 0.29) is 11.3 Å². The molecule has 0 bridgehead atoms. The predicted octanol–water partition coefficient (Wildman–Crippen LogP) is 5.07. The Kier molecular flexibility index (Phi) is 6.45. The van der Waals surface area contributed by atoms with Crippen LogP contribution in [0.3, 0.4) is 0 Å². The number of rotatable bonds is 6. The molecule has 7 nitrogen and oxygen atoms in total. The number of ether oxygens (including phenoxy) is 1. The van der Waals surface area contributed by atoms with Gasteiger partial charge in [0.05, 0.1) is 11.6 Å². The normalized spacial score (nSPS) is 12.3. The van der Waals surface area contributed by atoms with Gasteiger partial charge < -0.3 is 15.2 Å². The number of carbonyl (C=O) groups excluding carboxylic acids is 1. The maximum atomic E-state index is 13.6. The smallest absolute Gasteiger partial charge is 0.436 e. The van der Waals surface area contributed by atoms with E-state index < -0.39 is 41.2 Å². The molecule has 0 fully saturated rings. The highest BCUT2D eigenvalue weighted by Crippen LogP contribution is 2.37. The van der Waals surface area contributed by atoms with Gasteiger partial charge in [-0.25, -0.2) is 9.48 Å². The molecule has 2 aromatic carbocycles. The summed E-state index contributed by atoms with van der Waals surface area (Å²) >= 11 is 5.90. The van der Waals surface area contributed by atoms with Crippen LogP contribution in [0.2, 0.25) is 5.02 Å². The Morgan fingerprint density at radius 3 is 2.41 bits per heavy atom. The molecule has 0 aliphatic rings. The fourth-order valence-electron chi connectivity index (χ4n) is 2.94. The van der Waals surface area contributed by atoms with Crippen molar-refractivity contribution in [2.75, 3.05) is 0 Å². The molecule has 0 aliphatic heterocycles. The van der Waals surface area contributed by atoms with E-state index in [4.69, 9.17) is 21.4 Å². The second-order valence-corrected chi connectivity index (χ2v) is 7.27. The zero-order valence-corrected chi connectivity index (χ0v) is 17.5. The number of hydrogen-bond donors (Lipinski definition) is 2. The molecule has 3 rings (SSSR count). The van der Waals surface area contributed by atoms with Crippen LogP contribution in [-0.4, -0.2) is 26.8 Å². The lowest BCUT2D eigenvalue weighted by atomic mass is 10.1. The Balaban J connectivity index is 1.95. The van der Waals surface area contributed by atoms with E-state index in [9.17, 15) is 22.8 Å². The van der Waals surface area contributed by atoms with E-state index in [1.165, 1.54) is 43.4 Å². The van der Waals surface area contributed by atoms with E-state index >= 15 is 0 Å². The summed E-state index contributed by atoms with van der Waals surface area (Å²) < 4.78 is 47.2. The number of nitrogens with one attached hydrogen (secondary N) is 1. The van der Waals surface area contributed by atoms with Crippen molar-refractivity contribution in [2.45, 2.75) is 19.1 Å². The Hall–Kier alpha value is -3.53. The summed E-state index contributed by atoms with van der Waals surface area (Å²) in [5.74, 6) is -2.47. The van der Waals surface area contributed by atoms with Crippen LogP contribution in [0.15, 0.2) is 48.5 Å². The second-order valence-electron chi connectivity index (χ2n) is 6.83. The third kappa shape index (κ3) is 5.02. The molecule has 0 aliphatic carbocycles. The van der Waals surface area contributed by atoms with Gasteiger partial charge in [-0.15, -0.1) is 0 Å². The van der Waals surface area contributed by atoms with E-state index in [0.717, 1.165) is 4.68 Å². The van der Waals surface area contributed by atoms with Crippen molar-refractivity contribution in [3.05, 3.63) is 75.9 Å². The molecule has 1 atom stereocenters. The maximum absolute atomic E-state index is 13.6. The number of aryl methyl sites for hydroxylation is 1. The third-order valence-electron chi connectivity index (χ3n) is 4.51. The monoisotopic (exact) mass is 467 g/mol. The minimum absolute atomic E-state index is 0.0381. The van der Waals surface area contributed by atoms with Gasteiger partial charge in [0.2, 0.25) is 5.88 Å². The predicted molar refractivity (Wildman–Crippen MR) is 109 cm³/mol. The van der Waals surface area contributed by atoms with Crippen molar-refractivity contribution in [3.8, 4) is 11.6 Å². The first-order chi connectivity index (χ1) is 15.0. The number of amides is 1. The number of carboxylic acid groups (broad SMARTS) is 1. The quantitative estimate of drug-likeness (QED) is 0.527. The molecule has 0 spiro atoms. The van der Waals surface area contributed by atoms with Gasteiger partial charge in [-0.3, -0.25) is 4.79 Å². The van der Waals surface area contributed by atoms with Gasteiger partial charge in [-0.05, 0) is 42.8 Å². The average molecular weight is 468 g/mol. The van der Waals surface area contributed by atoms with Gasteiger partial charge >= 0.3 is 12.1 Å². The number of hydrogen-bond acceptors (Lipinski definition) is 4. The van der Waals surface area contributed by atoms with Crippen LogP contribution < -0.4 is 10.1 Å². The van der Waals surface area contributed by atoms with Gasteiger partial charge in [0.15, 0.2) is 5.69 Å². The molecular weight excluding hydrogens is 451 g/mol. The van der Waals surface area contributed by atoms with Gasteiger partial charge in [0.1, 0.15) is 11.3 Å². The number of halogens is 4. The number of carbonyl (C=O) groups is 2. The highest BCUT2D eigenvalue weighted by molar-refractivity contribution is 6.30. The van der Waals surface area contributed by atoms with E-state index in [0.29, 0.717) is 10.6 Å². The van der Waals surface area contributed by atoms with Gasteiger partial charge in [-0.1, -0.05) is 29.8 Å². The SMILES string of the molecule is CC(NC(=O)c1c(C(F)(F)F)nn(C)c1Oc1cccc(Cl)c1)c1ccc(C(=O)O)cc1. The lowest BCUT2D eigenvalue weighted by molar-refractivity contribution is -0.141. The number of nitrogens with zero attached hydrogens (tertiary/aromatic N) is 2. The van der Waals surface area contributed by atoms with Gasteiger partial charge in [-0.2, -0.15) is 18.3 Å². The van der Waals surface area contributed by atoms with E-state index in [1.54, 1.807) is 19.1 Å². The van der Waals surface area contributed by atoms with Crippen LogP contribution in [0.1, 0.15) is 44.9 Å². The average Bonchev–Trinajstić information content (AvgIpc) is 3.04. The lowest BCUT2D eigenvalue weighted by Crippen LogP contribution is -2.28. The number of aromatic carboxylic acids is 1. The van der Waals surface area contributed by atoms with Crippen LogP contribution >= 0.6 is 11.6 Å². The molecule has 168 valence electrons. The molecule has 32 heavy (non-hydrogen) atoms. The summed E-state index contributed by atoms with van der Waals surface area (Å²) in [6.45, 7) is 1.55. The summed E-state index contributed by atoms with van der Waals surface area (Å²) in [4.78, 5) is 23.9. The molecule has 1 heterocycles. The van der Waals surface area contributed by atoms with E-state index in [2.05, 4.69) is 10.4 Å². The minimum Gasteiger partial charge on any atom is -0.478 e. The number of benzene rings is 2. The van der Waals surface area contributed by atoms with Crippen molar-refractivity contribution in [2.24, 2.45) is 7.05 Å². The van der Waals surface area contributed by atoms with E-state index in [1.807, 2.05) is 0 Å². The van der Waals surface area contributed by atoms with Crippen LogP contribution in [0.25, 0.3) is 0 Å². The summed E-state index contributed by atoms with van der Waals surface area (Å²) in [5, 5.41) is 15.2. The summed E-state index contributed by atoms with van der Waals surface area (Å²) in [7, 11) is 1.22. The van der Waals surface area contributed by atoms with Crippen LogP contribution in [0.5, 0.6) is 11.6 Å². The molecule has 1 amide bonds. The largest absolute Gasteiger partial charge is 0.478 e. The first kappa shape index (κ1) is 23.1. The Labute approximate surface area is 185 Å². The number of alkyl halides is 3. The van der Waals surface area contributed by atoms with Crippen LogP contribution in [0.4, 0.5) is 13.2 Å². The molecule has 1 aromatic heterocycles. The summed E-state index contributed by atoms with van der Waals surface area (Å²) in [5.41, 5.74) is -1.65. The van der Waals surface area contributed by atoms with Crippen molar-refractivity contribution in [1.82, 2.24) is 15.1 Å². The Morgan fingerprint density at radius 1 is 1.19 bits per heavy atom. The third-order valence-corrected chi connectivity index (χ3v) is 4.74. The standard InChI is InChI=1S/C21H17ClF3N3O4/c1-11(12-6-8-13(9-7-12)20(30)31)26-18(29)16-17(21(23,24)25)27-28(2)19(16)32-15-5-3-4-14(22)10-15/h3-11H,1-2H3,(H,26,29)(H,30,31). The fourth-order valence-corrected chi connectivity index (χ4v) is 3.12. The minimum atomic E-state index is -4.91. The van der Waals surface area contributed by atoms with Crippen molar-refractivity contribution in [3.63, 3.8) is 0 Å². The molecule has 1 unspecified atom stereocenters. The lowest BCUT2D eigenvalue weighted by Gasteiger charge is -2.16. The first-order valence-corrected chi connectivity index (χ1v) is 9.57. The molecule has 3 aromatic rings. The fraction of sp³-hybridized carbons (Fsp3) is 0.190. The van der Waals surface area contributed by atoms with Gasteiger partial charge in [0.25, 0.3) is 5.91 Å².